The van der Waals surface area contributed by atoms with E-state index in [0.29, 0.717) is 0 Å². The Labute approximate surface area is 234 Å². The number of halogens is 4. The molecule has 0 aliphatic carbocycles. The van der Waals surface area contributed by atoms with E-state index in [1.54, 1.807) is 0 Å². The molecule has 1 N–H and O–H groups in total. The van der Waals surface area contributed by atoms with Gasteiger partial charge in [-0.3, -0.25) is 18.9 Å². The summed E-state index contributed by atoms with van der Waals surface area (Å²) in [6.45, 7) is 5.57. The average Bonchev–Trinajstić information content (AvgIpc) is 3.37. The van der Waals surface area contributed by atoms with Crippen molar-refractivity contribution in [3.8, 4) is 0 Å². The zero-order valence-electron chi connectivity index (χ0n) is 16.9. The summed E-state index contributed by atoms with van der Waals surface area (Å²) in [7, 11) is 0. The van der Waals surface area contributed by atoms with Gasteiger partial charge in [0.2, 0.25) is 6.16 Å². The van der Waals surface area contributed by atoms with E-state index in [1.165, 1.54) is 0 Å². The number of carboxylic acid groups (broad SMARTS) is 2. The van der Waals surface area contributed by atoms with Gasteiger partial charge >= 0.3 is 36.3 Å². The summed E-state index contributed by atoms with van der Waals surface area (Å²) in [5.41, 5.74) is 0. The van der Waals surface area contributed by atoms with Crippen molar-refractivity contribution in [1.29, 1.82) is 0 Å². The molecular formula is C16H22Cl4CoN7O3Zn. The molecule has 0 amide bonds. The zero-order valence-corrected chi connectivity index (χ0v) is 23.9. The first-order valence-corrected chi connectivity index (χ1v) is 8.18. The third kappa shape index (κ3) is 18.7. The van der Waals surface area contributed by atoms with E-state index in [1.807, 2.05) is 69.4 Å². The van der Waals surface area contributed by atoms with Gasteiger partial charge in [-0.05, 0) is 18.2 Å². The zero-order chi connectivity index (χ0) is 18.6. The van der Waals surface area contributed by atoms with Crippen LogP contribution < -0.4 is 54.7 Å². The fourth-order valence-electron chi connectivity index (χ4n) is 2.37. The van der Waals surface area contributed by atoms with Crippen molar-refractivity contribution in [1.82, 2.24) is 34.2 Å². The summed E-state index contributed by atoms with van der Waals surface area (Å²) >= 11 is 0. The Kier molecular flexibility index (Phi) is 32.1. The molecule has 3 aromatic heterocycles. The maximum Gasteiger partial charge on any atom is 3.00 e. The molecule has 3 rings (SSSR count). The molecule has 0 saturated heterocycles. The number of hydrogen-bond donors (Lipinski definition) is 1. The molecule has 178 valence electrons. The van der Waals surface area contributed by atoms with Crippen molar-refractivity contribution in [3.63, 3.8) is 0 Å². The molecule has 0 aliphatic heterocycles. The molecule has 32 heavy (non-hydrogen) atoms. The van der Waals surface area contributed by atoms with Gasteiger partial charge in [-0.15, -0.1) is 0 Å². The van der Waals surface area contributed by atoms with E-state index in [2.05, 4.69) is 20.2 Å². The molecule has 0 saturated carbocycles. The van der Waals surface area contributed by atoms with E-state index >= 15 is 0 Å². The van der Waals surface area contributed by atoms with Crippen LogP contribution in [0.2, 0.25) is 0 Å². The number of carbonyl (C=O) groups is 1. The second kappa shape index (κ2) is 24.8. The Bertz CT molecular complexity index is 646. The molecule has 3 aromatic rings. The predicted octanol–water partition coefficient (Wildman–Crippen LogP) is -12.1. The number of rotatable bonds is 9. The van der Waals surface area contributed by atoms with Gasteiger partial charge in [-0.25, -0.2) is 0 Å². The van der Waals surface area contributed by atoms with Gasteiger partial charge in [0.05, 0.1) is 19.6 Å². The van der Waals surface area contributed by atoms with Crippen LogP contribution in [0.1, 0.15) is 0 Å². The maximum atomic E-state index is 8.44. The molecule has 0 radical (unpaired) electrons. The van der Waals surface area contributed by atoms with Crippen LogP contribution in [-0.4, -0.2) is 65.1 Å². The molecule has 0 bridgehead atoms. The molecule has 0 unspecified atom stereocenters. The topological polar surface area (TPSA) is 117 Å². The van der Waals surface area contributed by atoms with Crippen LogP contribution in [-0.2, 0) is 55.9 Å². The van der Waals surface area contributed by atoms with Gasteiger partial charge in [0.15, 0.2) is 0 Å². The van der Waals surface area contributed by atoms with Crippen molar-refractivity contribution in [3.05, 3.63) is 55.4 Å². The van der Waals surface area contributed by atoms with Gasteiger partial charge in [0.1, 0.15) is 0 Å². The quantitative estimate of drug-likeness (QED) is 0.235. The smallest absolute Gasteiger partial charge is 1.00 e. The molecule has 10 nitrogen and oxygen atoms in total. The first kappa shape index (κ1) is 41.4. The minimum Gasteiger partial charge on any atom is -1.00 e. The van der Waals surface area contributed by atoms with E-state index in [9.17, 15) is 0 Å². The largest absolute Gasteiger partial charge is 3.00 e. The van der Waals surface area contributed by atoms with E-state index in [4.69, 9.17) is 15.0 Å². The normalized spacial score (nSPS) is 8.53. The summed E-state index contributed by atoms with van der Waals surface area (Å²) in [5.74, 6) is 0. The number of aromatic nitrogens is 6. The molecule has 16 heteroatoms. The fourth-order valence-corrected chi connectivity index (χ4v) is 2.37. The van der Waals surface area contributed by atoms with Crippen molar-refractivity contribution in [2.75, 3.05) is 19.6 Å². The number of nitrogens with zero attached hydrogens (tertiary/aromatic N) is 7. The summed E-state index contributed by atoms with van der Waals surface area (Å²) in [6.07, 6.45) is 9.37. The van der Waals surface area contributed by atoms with Crippen LogP contribution in [0.15, 0.2) is 55.4 Å². The maximum absolute atomic E-state index is 8.44. The van der Waals surface area contributed by atoms with Crippen molar-refractivity contribution >= 4 is 6.16 Å². The molecule has 0 atom stereocenters. The summed E-state index contributed by atoms with van der Waals surface area (Å²) in [6, 6.07) is 5.87. The van der Waals surface area contributed by atoms with Gasteiger partial charge in [-0.1, -0.05) is 0 Å². The Morgan fingerprint density at radius 1 is 0.750 bits per heavy atom. The summed E-state index contributed by atoms with van der Waals surface area (Å²) in [5, 5.41) is 28.1. The van der Waals surface area contributed by atoms with Crippen molar-refractivity contribution in [2.45, 2.75) is 19.6 Å². The third-order valence-corrected chi connectivity index (χ3v) is 3.61. The van der Waals surface area contributed by atoms with Crippen molar-refractivity contribution < 1.29 is 101 Å². The molecular weight excluding hydrogens is 604 g/mol. The van der Waals surface area contributed by atoms with Crippen LogP contribution in [0.25, 0.3) is 0 Å². The Morgan fingerprint density at radius 3 is 1.19 bits per heavy atom. The van der Waals surface area contributed by atoms with Crippen LogP contribution >= 0.6 is 0 Å². The summed E-state index contributed by atoms with van der Waals surface area (Å²) in [4.78, 5) is 10.9. The van der Waals surface area contributed by atoms with E-state index in [0.717, 1.165) is 39.3 Å². The molecule has 0 fully saturated rings. The van der Waals surface area contributed by atoms with Crippen LogP contribution in [0.4, 0.5) is 4.79 Å². The predicted molar refractivity (Wildman–Crippen MR) is 91.1 cm³/mol. The minimum atomic E-state index is -2.08. The Balaban J connectivity index is -0.000000226. The fraction of sp³-hybridized carbons (Fsp3) is 0.375. The molecule has 0 aromatic carbocycles. The van der Waals surface area contributed by atoms with Gasteiger partial charge in [-0.2, -0.15) is 15.3 Å². The van der Waals surface area contributed by atoms with E-state index < -0.39 is 6.16 Å². The number of hydrogen-bond acceptors (Lipinski definition) is 6. The van der Waals surface area contributed by atoms with Gasteiger partial charge < -0.3 is 64.6 Å². The molecule has 3 heterocycles. The summed E-state index contributed by atoms with van der Waals surface area (Å²) < 4.78 is 5.90. The first-order valence-electron chi connectivity index (χ1n) is 8.18. The first-order chi connectivity index (χ1) is 12.6. The Hall–Kier alpha value is -0.850. The third-order valence-electron chi connectivity index (χ3n) is 3.61. The average molecular weight is 627 g/mol. The van der Waals surface area contributed by atoms with Crippen molar-refractivity contribution in [2.24, 2.45) is 0 Å². The monoisotopic (exact) mass is 623 g/mol. The second-order valence-electron chi connectivity index (χ2n) is 5.41. The standard InChI is InChI=1S/C15H21N7.CH2O3.4ClH.Co.Zn/c1-4-16-20(7-1)13-10-19(11-14-21-8-2-5-17-21)12-15-22-9-3-6-18-22;2-1(3)4;;;;;;/h1-9H,10-15H2;(H2,2,3,4);4*1H;;/q;;;;;;+3;+2/p-5. The SMILES string of the molecule is O=C([O-])O.[Cl-].[Cl-].[Cl-].[Cl-].[Co+3].[Zn+2].c1cnn(CCN(CCn2cccn2)CCn2cccn2)c1. The minimum absolute atomic E-state index is 0. The van der Waals surface area contributed by atoms with Crippen LogP contribution in [0, 0.1) is 0 Å². The van der Waals surface area contributed by atoms with Crippen LogP contribution in [0.3, 0.4) is 0 Å². The van der Waals surface area contributed by atoms with Gasteiger partial charge in [0.25, 0.3) is 0 Å². The van der Waals surface area contributed by atoms with Gasteiger partial charge in [0, 0.05) is 56.8 Å². The molecule has 0 spiro atoms. The van der Waals surface area contributed by atoms with Crippen LogP contribution in [0.5, 0.6) is 0 Å². The molecule has 0 aliphatic rings. The second-order valence-corrected chi connectivity index (χ2v) is 5.41. The Morgan fingerprint density at radius 2 is 1.00 bits per heavy atom. The van der Waals surface area contributed by atoms with E-state index in [-0.39, 0.29) is 85.9 Å².